The normalized spacial score (nSPS) is 57.4. The van der Waals surface area contributed by atoms with Crippen molar-refractivity contribution < 1.29 is 5.11 Å². The van der Waals surface area contributed by atoms with Crippen LogP contribution in [0.25, 0.3) is 0 Å². The molecular weight excluding hydrogens is 268 g/mol. The fourth-order valence-electron chi connectivity index (χ4n) is 7.61. The first-order valence-electron chi connectivity index (χ1n) is 9.65. The lowest BCUT2D eigenvalue weighted by molar-refractivity contribution is -0.138. The molecule has 0 unspecified atom stereocenters. The molecule has 22 heavy (non-hydrogen) atoms. The molecule has 0 amide bonds. The third-order valence-electron chi connectivity index (χ3n) is 8.71. The van der Waals surface area contributed by atoms with E-state index in [4.69, 9.17) is 6.42 Å². The van der Waals surface area contributed by atoms with Gasteiger partial charge in [0, 0.05) is 5.92 Å². The van der Waals surface area contributed by atoms with Crippen LogP contribution in [0.4, 0.5) is 0 Å². The van der Waals surface area contributed by atoms with E-state index < -0.39 is 0 Å². The van der Waals surface area contributed by atoms with Crippen LogP contribution in [0.5, 0.6) is 0 Å². The maximum Gasteiger partial charge on any atom is 0.0597 e. The van der Waals surface area contributed by atoms with Crippen molar-refractivity contribution in [2.75, 3.05) is 0 Å². The van der Waals surface area contributed by atoms with E-state index in [1.807, 2.05) is 0 Å². The largest absolute Gasteiger partial charge is 0.393 e. The summed E-state index contributed by atoms with van der Waals surface area (Å²) in [5.74, 6) is 6.73. The Kier molecular flexibility index (Phi) is 3.43. The van der Waals surface area contributed by atoms with Crippen LogP contribution in [0.3, 0.4) is 0 Å². The summed E-state index contributed by atoms with van der Waals surface area (Å²) in [6.07, 6.45) is 17.7. The Labute approximate surface area is 136 Å². The van der Waals surface area contributed by atoms with Crippen molar-refractivity contribution >= 4 is 0 Å². The van der Waals surface area contributed by atoms with Crippen LogP contribution in [0.2, 0.25) is 0 Å². The zero-order valence-electron chi connectivity index (χ0n) is 14.4. The zero-order chi connectivity index (χ0) is 15.5. The van der Waals surface area contributed by atoms with Gasteiger partial charge in [0.05, 0.1) is 6.10 Å². The lowest BCUT2D eigenvalue weighted by Gasteiger charge is -2.62. The lowest BCUT2D eigenvalue weighted by Crippen LogP contribution is -2.56. The molecule has 0 heterocycles. The number of aliphatic hydroxyl groups excluding tert-OH is 1. The minimum Gasteiger partial charge on any atom is -0.393 e. The Morgan fingerprint density at radius 2 is 1.82 bits per heavy atom. The molecule has 4 rings (SSSR count). The molecule has 1 N–H and O–H groups in total. The van der Waals surface area contributed by atoms with E-state index in [0.717, 1.165) is 36.5 Å². The molecule has 1 nitrogen and oxygen atoms in total. The van der Waals surface area contributed by atoms with Crippen LogP contribution in [0.15, 0.2) is 0 Å². The highest BCUT2D eigenvalue weighted by Crippen LogP contribution is 2.67. The number of hydrogen-bond donors (Lipinski definition) is 1. The molecule has 1 heteroatoms. The summed E-state index contributed by atoms with van der Waals surface area (Å²) < 4.78 is 0. The summed E-state index contributed by atoms with van der Waals surface area (Å²) in [7, 11) is 0. The predicted octanol–water partition coefficient (Wildman–Crippen LogP) is 4.64. The molecule has 4 aliphatic rings. The average Bonchev–Trinajstić information content (AvgIpc) is 2.81. The lowest BCUT2D eigenvalue weighted by atomic mass is 9.43. The molecular formula is C21H32O. The van der Waals surface area contributed by atoms with Gasteiger partial charge in [-0.25, -0.2) is 0 Å². The minimum absolute atomic E-state index is 0.0933. The molecule has 122 valence electrons. The Morgan fingerprint density at radius 1 is 1.00 bits per heavy atom. The SMILES string of the molecule is C#C[C@@H]1C[C@]2(C)[C@@H](O)CC[C@H]2[C@@H]2CC[C@H]3CCCC[C@]3(C)[C@H]21. The van der Waals surface area contributed by atoms with Gasteiger partial charge in [0.1, 0.15) is 0 Å². The molecule has 0 aliphatic heterocycles. The Hall–Kier alpha value is -0.480. The highest BCUT2D eigenvalue weighted by atomic mass is 16.3. The average molecular weight is 300 g/mol. The standard InChI is InChI=1S/C21H32O/c1-4-14-13-21(3)17(10-11-18(21)22)16-9-8-15-7-5-6-12-20(15,2)19(14)16/h1,14-19,22H,5-13H2,2-3H3/t14-,15-,16+,17+,18+,19+,20+,21+/m1/s1. The van der Waals surface area contributed by atoms with Gasteiger partial charge in [0.2, 0.25) is 0 Å². The second kappa shape index (κ2) is 5.01. The van der Waals surface area contributed by atoms with Gasteiger partial charge in [0.15, 0.2) is 0 Å². The predicted molar refractivity (Wildman–Crippen MR) is 90.1 cm³/mol. The second-order valence-electron chi connectivity index (χ2n) is 9.40. The number of hydrogen-bond acceptors (Lipinski definition) is 1. The maximum absolute atomic E-state index is 10.6. The van der Waals surface area contributed by atoms with Crippen LogP contribution >= 0.6 is 0 Å². The number of rotatable bonds is 0. The van der Waals surface area contributed by atoms with Gasteiger partial charge in [-0.05, 0) is 79.4 Å². The van der Waals surface area contributed by atoms with Crippen LogP contribution < -0.4 is 0 Å². The monoisotopic (exact) mass is 300 g/mol. The Bertz CT molecular complexity index is 491. The Balaban J connectivity index is 1.74. The van der Waals surface area contributed by atoms with Crippen molar-refractivity contribution in [2.24, 2.45) is 40.4 Å². The first kappa shape index (κ1) is 15.1. The molecule has 4 aliphatic carbocycles. The zero-order valence-corrected chi connectivity index (χ0v) is 14.4. The highest BCUT2D eigenvalue weighted by Gasteiger charge is 2.62. The van der Waals surface area contributed by atoms with E-state index in [2.05, 4.69) is 19.8 Å². The van der Waals surface area contributed by atoms with Crippen molar-refractivity contribution in [3.8, 4) is 12.3 Å². The van der Waals surface area contributed by atoms with Gasteiger partial charge in [-0.1, -0.05) is 26.7 Å². The molecule has 4 fully saturated rings. The quantitative estimate of drug-likeness (QED) is 0.646. The summed E-state index contributed by atoms with van der Waals surface area (Å²) in [4.78, 5) is 0. The summed E-state index contributed by atoms with van der Waals surface area (Å²) in [6, 6.07) is 0. The number of aliphatic hydroxyl groups is 1. The topological polar surface area (TPSA) is 20.2 Å². The maximum atomic E-state index is 10.6. The molecule has 0 spiro atoms. The molecule has 8 atom stereocenters. The van der Waals surface area contributed by atoms with Gasteiger partial charge >= 0.3 is 0 Å². The van der Waals surface area contributed by atoms with E-state index >= 15 is 0 Å². The molecule has 0 aromatic heterocycles. The molecule has 0 radical (unpaired) electrons. The van der Waals surface area contributed by atoms with E-state index in [-0.39, 0.29) is 11.5 Å². The highest BCUT2D eigenvalue weighted by molar-refractivity contribution is 5.16. The third-order valence-corrected chi connectivity index (χ3v) is 8.71. The number of fused-ring (bicyclic) bond motifs is 5. The molecule has 0 bridgehead atoms. The first-order chi connectivity index (χ1) is 10.5. The van der Waals surface area contributed by atoms with Crippen molar-refractivity contribution in [2.45, 2.75) is 77.7 Å². The summed E-state index contributed by atoms with van der Waals surface area (Å²) >= 11 is 0. The first-order valence-corrected chi connectivity index (χ1v) is 9.65. The second-order valence-corrected chi connectivity index (χ2v) is 9.40. The van der Waals surface area contributed by atoms with Crippen molar-refractivity contribution in [1.29, 1.82) is 0 Å². The summed E-state index contributed by atoms with van der Waals surface area (Å²) in [5.41, 5.74) is 0.573. The van der Waals surface area contributed by atoms with Gasteiger partial charge in [-0.2, -0.15) is 0 Å². The van der Waals surface area contributed by atoms with Gasteiger partial charge in [-0.15, -0.1) is 12.3 Å². The van der Waals surface area contributed by atoms with Crippen molar-refractivity contribution in [3.05, 3.63) is 0 Å². The Morgan fingerprint density at radius 3 is 2.59 bits per heavy atom. The minimum atomic E-state index is -0.119. The third kappa shape index (κ3) is 1.83. The van der Waals surface area contributed by atoms with Gasteiger partial charge < -0.3 is 5.11 Å². The number of terminal acetylenes is 1. The van der Waals surface area contributed by atoms with E-state index in [0.29, 0.717) is 11.3 Å². The van der Waals surface area contributed by atoms with Crippen LogP contribution in [0.1, 0.15) is 71.6 Å². The van der Waals surface area contributed by atoms with Gasteiger partial charge in [-0.3, -0.25) is 0 Å². The fourth-order valence-corrected chi connectivity index (χ4v) is 7.61. The van der Waals surface area contributed by atoms with E-state index in [1.54, 1.807) is 0 Å². The van der Waals surface area contributed by atoms with Crippen LogP contribution in [-0.2, 0) is 0 Å². The van der Waals surface area contributed by atoms with E-state index in [1.165, 1.54) is 44.9 Å². The molecule has 0 aromatic rings. The fraction of sp³-hybridized carbons (Fsp3) is 0.905. The smallest absolute Gasteiger partial charge is 0.0597 e. The summed E-state index contributed by atoms with van der Waals surface area (Å²) in [5, 5.41) is 10.6. The van der Waals surface area contributed by atoms with Crippen LogP contribution in [0, 0.1) is 52.8 Å². The van der Waals surface area contributed by atoms with E-state index in [9.17, 15) is 5.11 Å². The summed E-state index contributed by atoms with van der Waals surface area (Å²) in [6.45, 7) is 4.91. The van der Waals surface area contributed by atoms with Crippen molar-refractivity contribution in [3.63, 3.8) is 0 Å². The van der Waals surface area contributed by atoms with Crippen LogP contribution in [-0.4, -0.2) is 11.2 Å². The van der Waals surface area contributed by atoms with Crippen molar-refractivity contribution in [1.82, 2.24) is 0 Å². The molecule has 4 saturated carbocycles. The molecule has 0 aromatic carbocycles. The van der Waals surface area contributed by atoms with Gasteiger partial charge in [0.25, 0.3) is 0 Å². The molecule has 0 saturated heterocycles.